The number of hydrogen-bond donors (Lipinski definition) is 1. The van der Waals surface area contributed by atoms with Gasteiger partial charge in [0.15, 0.2) is 0 Å². The molecule has 1 aliphatic rings. The summed E-state index contributed by atoms with van der Waals surface area (Å²) in [7, 11) is 0. The number of halogens is 1. The predicted molar refractivity (Wildman–Crippen MR) is 78.1 cm³/mol. The van der Waals surface area contributed by atoms with Crippen LogP contribution in [0.1, 0.15) is 22.3 Å². The summed E-state index contributed by atoms with van der Waals surface area (Å²) < 4.78 is 15.7. The van der Waals surface area contributed by atoms with Gasteiger partial charge in [-0.05, 0) is 30.7 Å². The van der Waals surface area contributed by atoms with Crippen LogP contribution in [-0.2, 0) is 4.79 Å². The quantitative estimate of drug-likeness (QED) is 0.919. The van der Waals surface area contributed by atoms with Crippen LogP contribution in [0.25, 0.3) is 5.69 Å². The van der Waals surface area contributed by atoms with E-state index in [-0.39, 0.29) is 18.9 Å². The molecule has 0 saturated carbocycles. The molecule has 2 heterocycles. The average Bonchev–Trinajstić information content (AvgIpc) is 3.16. The summed E-state index contributed by atoms with van der Waals surface area (Å²) >= 11 is 0. The van der Waals surface area contributed by atoms with Crippen molar-refractivity contribution in [3.05, 3.63) is 42.0 Å². The first-order valence-electron chi connectivity index (χ1n) is 7.08. The first-order chi connectivity index (χ1) is 10.9. The lowest BCUT2D eigenvalue weighted by atomic mass is 10.1. The molecule has 1 aromatic heterocycles. The van der Waals surface area contributed by atoms with Crippen molar-refractivity contribution in [1.82, 2.24) is 19.7 Å². The van der Waals surface area contributed by atoms with Crippen LogP contribution in [0.2, 0.25) is 0 Å². The molecule has 1 aliphatic heterocycles. The standard InChI is InChI=1S/C15H15FN4O3/c1-10-6-11(20-9-17-8-18-20)2-3-12(10)13(21)19-5-4-15(16,7-19)14(22)23/h2-3,6,8-9H,4-5,7H2,1H3,(H,22,23). The molecule has 7 nitrogen and oxygen atoms in total. The van der Waals surface area contributed by atoms with Crippen LogP contribution >= 0.6 is 0 Å². The normalized spacial score (nSPS) is 20.7. The van der Waals surface area contributed by atoms with Crippen LogP contribution in [0.3, 0.4) is 0 Å². The molecule has 1 amide bonds. The number of alkyl halides is 1. The van der Waals surface area contributed by atoms with Gasteiger partial charge in [-0.3, -0.25) is 4.79 Å². The van der Waals surface area contributed by atoms with E-state index in [4.69, 9.17) is 5.11 Å². The van der Waals surface area contributed by atoms with Crippen molar-refractivity contribution >= 4 is 11.9 Å². The lowest BCUT2D eigenvalue weighted by Gasteiger charge is -2.19. The Kier molecular flexibility index (Phi) is 3.59. The molecule has 1 saturated heterocycles. The highest BCUT2D eigenvalue weighted by molar-refractivity contribution is 5.96. The van der Waals surface area contributed by atoms with Crippen LogP contribution in [0.5, 0.6) is 0 Å². The van der Waals surface area contributed by atoms with Crippen LogP contribution in [0, 0.1) is 6.92 Å². The third kappa shape index (κ3) is 2.67. The summed E-state index contributed by atoms with van der Waals surface area (Å²) in [5, 5.41) is 12.9. The van der Waals surface area contributed by atoms with Gasteiger partial charge in [-0.2, -0.15) is 5.10 Å². The van der Waals surface area contributed by atoms with E-state index in [2.05, 4.69) is 10.1 Å². The number of aryl methyl sites for hydroxylation is 1. The summed E-state index contributed by atoms with van der Waals surface area (Å²) in [5.74, 6) is -1.89. The van der Waals surface area contributed by atoms with Gasteiger partial charge in [0.1, 0.15) is 12.7 Å². The number of amides is 1. The fourth-order valence-corrected chi connectivity index (χ4v) is 2.66. The maximum atomic E-state index is 14.1. The number of aromatic nitrogens is 3. The van der Waals surface area contributed by atoms with Crippen molar-refractivity contribution < 1.29 is 19.1 Å². The van der Waals surface area contributed by atoms with Crippen molar-refractivity contribution in [3.63, 3.8) is 0 Å². The van der Waals surface area contributed by atoms with Crippen LogP contribution in [0.15, 0.2) is 30.9 Å². The Hall–Kier alpha value is -2.77. The summed E-state index contributed by atoms with van der Waals surface area (Å²) in [5.41, 5.74) is -0.480. The van der Waals surface area contributed by atoms with Gasteiger partial charge in [0, 0.05) is 18.5 Å². The molecule has 0 spiro atoms. The van der Waals surface area contributed by atoms with Crippen molar-refractivity contribution in [2.24, 2.45) is 0 Å². The summed E-state index contributed by atoms with van der Waals surface area (Å²) in [4.78, 5) is 28.6. The highest BCUT2D eigenvalue weighted by atomic mass is 19.1. The fraction of sp³-hybridized carbons (Fsp3) is 0.333. The fourth-order valence-electron chi connectivity index (χ4n) is 2.66. The lowest BCUT2D eigenvalue weighted by molar-refractivity contribution is -0.149. The third-order valence-electron chi connectivity index (χ3n) is 4.01. The van der Waals surface area contributed by atoms with E-state index in [0.717, 1.165) is 5.69 Å². The Bertz CT molecular complexity index is 762. The highest BCUT2D eigenvalue weighted by Gasteiger charge is 2.47. The lowest BCUT2D eigenvalue weighted by Crippen LogP contribution is -2.39. The van der Waals surface area contributed by atoms with E-state index < -0.39 is 18.2 Å². The van der Waals surface area contributed by atoms with Crippen LogP contribution in [0.4, 0.5) is 4.39 Å². The summed E-state index contributed by atoms with van der Waals surface area (Å²) in [6.07, 6.45) is 2.76. The van der Waals surface area contributed by atoms with Crippen molar-refractivity contribution in [2.45, 2.75) is 19.0 Å². The average molecular weight is 318 g/mol. The minimum absolute atomic E-state index is 0.0892. The molecule has 120 valence electrons. The summed E-state index contributed by atoms with van der Waals surface area (Å²) in [6, 6.07) is 5.12. The molecule has 23 heavy (non-hydrogen) atoms. The smallest absolute Gasteiger partial charge is 0.343 e. The zero-order chi connectivity index (χ0) is 16.6. The molecular weight excluding hydrogens is 303 g/mol. The van der Waals surface area contributed by atoms with E-state index in [0.29, 0.717) is 11.1 Å². The molecule has 1 atom stereocenters. The van der Waals surface area contributed by atoms with E-state index >= 15 is 0 Å². The van der Waals surface area contributed by atoms with Gasteiger partial charge in [0.2, 0.25) is 5.67 Å². The molecule has 0 bridgehead atoms. The van der Waals surface area contributed by atoms with Gasteiger partial charge >= 0.3 is 5.97 Å². The Balaban J connectivity index is 1.82. The number of rotatable bonds is 3. The van der Waals surface area contributed by atoms with Crippen LogP contribution in [-0.4, -0.2) is 55.4 Å². The number of carboxylic acids is 1. The minimum atomic E-state index is -2.36. The second kappa shape index (κ2) is 5.45. The molecule has 1 aromatic carbocycles. The van der Waals surface area contributed by atoms with Gasteiger partial charge in [-0.15, -0.1) is 0 Å². The number of hydrogen-bond acceptors (Lipinski definition) is 4. The molecule has 2 aromatic rings. The van der Waals surface area contributed by atoms with Gasteiger partial charge < -0.3 is 10.0 Å². The van der Waals surface area contributed by atoms with Crippen molar-refractivity contribution in [2.75, 3.05) is 13.1 Å². The number of carbonyl (C=O) groups is 2. The number of carbonyl (C=O) groups excluding carboxylic acids is 1. The Morgan fingerprint density at radius 3 is 2.74 bits per heavy atom. The van der Waals surface area contributed by atoms with E-state index in [1.54, 1.807) is 36.1 Å². The topological polar surface area (TPSA) is 88.3 Å². The third-order valence-corrected chi connectivity index (χ3v) is 4.01. The Morgan fingerprint density at radius 2 is 2.17 bits per heavy atom. The summed E-state index contributed by atoms with van der Waals surface area (Å²) in [6.45, 7) is 1.43. The van der Waals surface area contributed by atoms with Gasteiger partial charge in [-0.1, -0.05) is 0 Å². The van der Waals surface area contributed by atoms with Gasteiger partial charge in [-0.25, -0.2) is 18.9 Å². The van der Waals surface area contributed by atoms with E-state index in [1.807, 2.05) is 0 Å². The molecule has 3 rings (SSSR count). The van der Waals surface area contributed by atoms with E-state index in [9.17, 15) is 14.0 Å². The second-order valence-electron chi connectivity index (χ2n) is 5.59. The molecular formula is C15H15FN4O3. The molecule has 1 N–H and O–H groups in total. The van der Waals surface area contributed by atoms with E-state index in [1.165, 1.54) is 11.2 Å². The molecule has 0 radical (unpaired) electrons. The van der Waals surface area contributed by atoms with Gasteiger partial charge in [0.25, 0.3) is 5.91 Å². The molecule has 1 fully saturated rings. The first-order valence-corrected chi connectivity index (χ1v) is 7.08. The number of aliphatic carboxylic acids is 1. The second-order valence-corrected chi connectivity index (χ2v) is 5.59. The highest BCUT2D eigenvalue weighted by Crippen LogP contribution is 2.28. The largest absolute Gasteiger partial charge is 0.479 e. The van der Waals surface area contributed by atoms with Crippen LogP contribution < -0.4 is 0 Å². The monoisotopic (exact) mass is 318 g/mol. The minimum Gasteiger partial charge on any atom is -0.479 e. The Labute approximate surface area is 131 Å². The molecule has 0 aliphatic carbocycles. The van der Waals surface area contributed by atoms with Crippen molar-refractivity contribution in [1.29, 1.82) is 0 Å². The zero-order valence-electron chi connectivity index (χ0n) is 12.4. The Morgan fingerprint density at radius 1 is 1.39 bits per heavy atom. The number of benzene rings is 1. The predicted octanol–water partition coefficient (Wildman–Crippen LogP) is 1.21. The molecule has 1 unspecified atom stereocenters. The van der Waals surface area contributed by atoms with Gasteiger partial charge in [0.05, 0.1) is 12.2 Å². The number of carboxylic acid groups (broad SMARTS) is 1. The number of likely N-dealkylation sites (tertiary alicyclic amines) is 1. The first kappa shape index (κ1) is 15.1. The maximum absolute atomic E-state index is 14.1. The SMILES string of the molecule is Cc1cc(-n2cncn2)ccc1C(=O)N1CCC(F)(C(=O)O)C1. The maximum Gasteiger partial charge on any atom is 0.343 e. The molecule has 8 heteroatoms. The van der Waals surface area contributed by atoms with Crippen molar-refractivity contribution in [3.8, 4) is 5.69 Å². The zero-order valence-corrected chi connectivity index (χ0v) is 12.4. The number of nitrogens with zero attached hydrogens (tertiary/aromatic N) is 4.